The molecule has 1 saturated carbocycles. The van der Waals surface area contributed by atoms with Crippen molar-refractivity contribution in [1.82, 2.24) is 19.8 Å². The van der Waals surface area contributed by atoms with Gasteiger partial charge in [-0.3, -0.25) is 9.69 Å². The Labute approximate surface area is 234 Å². The standard InChI is InChI=1S/C32H37FN4OS/c1-31(2)14-25-15-32(3,20-31)21-37(25)30(38)28-19-39-29(35-28)18-36(17-22-8-10-24(33)11-9-22)13-12-23-16-34-27-7-5-4-6-26(23)27/h4-11,16,19,25,34H,12-15,17-18,20-21H2,1-3H3. The number of aromatic nitrogens is 2. The van der Waals surface area contributed by atoms with Gasteiger partial charge in [0.1, 0.15) is 16.5 Å². The maximum absolute atomic E-state index is 13.6. The highest BCUT2D eigenvalue weighted by Crippen LogP contribution is 2.52. The molecule has 2 aromatic heterocycles. The van der Waals surface area contributed by atoms with E-state index in [1.54, 1.807) is 11.3 Å². The molecule has 2 atom stereocenters. The van der Waals surface area contributed by atoms with Gasteiger partial charge in [-0.15, -0.1) is 11.3 Å². The van der Waals surface area contributed by atoms with Crippen LogP contribution in [0.25, 0.3) is 10.9 Å². The minimum atomic E-state index is -0.226. The van der Waals surface area contributed by atoms with Crippen molar-refractivity contribution in [2.45, 2.75) is 65.6 Å². The zero-order valence-electron chi connectivity index (χ0n) is 23.0. The average Bonchev–Trinajstić information content (AvgIpc) is 3.58. The van der Waals surface area contributed by atoms with Crippen LogP contribution in [0.1, 0.15) is 66.7 Å². The van der Waals surface area contributed by atoms with Crippen molar-refractivity contribution in [2.75, 3.05) is 13.1 Å². The number of thiazole rings is 1. The Morgan fingerprint density at radius 3 is 2.74 bits per heavy atom. The lowest BCUT2D eigenvalue weighted by molar-refractivity contribution is 0.0702. The van der Waals surface area contributed by atoms with Crippen LogP contribution in [-0.2, 0) is 19.5 Å². The number of H-pyrrole nitrogens is 1. The van der Waals surface area contributed by atoms with Gasteiger partial charge in [-0.05, 0) is 65.8 Å². The van der Waals surface area contributed by atoms with Gasteiger partial charge >= 0.3 is 0 Å². The first-order chi connectivity index (χ1) is 18.7. The van der Waals surface area contributed by atoms with Crippen LogP contribution in [0.4, 0.5) is 4.39 Å². The Bertz CT molecular complexity index is 1470. The number of rotatable bonds is 8. The molecule has 1 aliphatic carbocycles. The number of amides is 1. The number of hydrogen-bond donors (Lipinski definition) is 1. The maximum Gasteiger partial charge on any atom is 0.273 e. The zero-order chi connectivity index (χ0) is 27.2. The summed E-state index contributed by atoms with van der Waals surface area (Å²) in [6.07, 6.45) is 6.29. The molecular weight excluding hydrogens is 507 g/mol. The Balaban J connectivity index is 1.17. The fourth-order valence-corrected chi connectivity index (χ4v) is 8.01. The molecule has 0 radical (unpaired) electrons. The molecule has 39 heavy (non-hydrogen) atoms. The van der Waals surface area contributed by atoms with Crippen molar-refractivity contribution >= 4 is 28.1 Å². The third kappa shape index (κ3) is 5.66. The minimum absolute atomic E-state index is 0.0767. The van der Waals surface area contributed by atoms with E-state index in [0.29, 0.717) is 24.8 Å². The number of halogens is 1. The highest BCUT2D eigenvalue weighted by molar-refractivity contribution is 7.09. The molecule has 2 aliphatic rings. The summed E-state index contributed by atoms with van der Waals surface area (Å²) in [4.78, 5) is 26.2. The smallest absolute Gasteiger partial charge is 0.273 e. The lowest BCUT2D eigenvalue weighted by Crippen LogP contribution is -2.37. The molecule has 2 aromatic carbocycles. The van der Waals surface area contributed by atoms with Crippen LogP contribution in [0.3, 0.4) is 0 Å². The maximum atomic E-state index is 13.6. The summed E-state index contributed by atoms with van der Waals surface area (Å²) >= 11 is 1.56. The van der Waals surface area contributed by atoms with Crippen molar-refractivity contribution in [1.29, 1.82) is 0 Å². The lowest BCUT2D eigenvalue weighted by Gasteiger charge is -2.39. The molecule has 1 aliphatic heterocycles. The van der Waals surface area contributed by atoms with Gasteiger partial charge in [0.25, 0.3) is 5.91 Å². The quantitative estimate of drug-likeness (QED) is 0.259. The summed E-state index contributed by atoms with van der Waals surface area (Å²) in [5, 5.41) is 4.12. The van der Waals surface area contributed by atoms with E-state index >= 15 is 0 Å². The average molecular weight is 545 g/mol. The van der Waals surface area contributed by atoms with E-state index in [-0.39, 0.29) is 22.6 Å². The number of aromatic amines is 1. The monoisotopic (exact) mass is 544 g/mol. The number of nitrogens with zero attached hydrogens (tertiary/aromatic N) is 3. The fraction of sp³-hybridized carbons (Fsp3) is 0.438. The van der Waals surface area contributed by atoms with Gasteiger partial charge in [-0.25, -0.2) is 9.37 Å². The van der Waals surface area contributed by atoms with E-state index in [2.05, 4.69) is 60.0 Å². The van der Waals surface area contributed by atoms with Crippen molar-refractivity contribution in [3.05, 3.63) is 87.8 Å². The predicted molar refractivity (Wildman–Crippen MR) is 155 cm³/mol. The molecule has 2 unspecified atom stereocenters. The third-order valence-electron chi connectivity index (χ3n) is 8.50. The summed E-state index contributed by atoms with van der Waals surface area (Å²) in [5.74, 6) is -0.149. The van der Waals surface area contributed by atoms with Gasteiger partial charge < -0.3 is 9.88 Å². The number of fused-ring (bicyclic) bond motifs is 3. The second-order valence-electron chi connectivity index (χ2n) is 12.7. The summed E-state index contributed by atoms with van der Waals surface area (Å²) < 4.78 is 13.5. The van der Waals surface area contributed by atoms with Crippen LogP contribution in [-0.4, -0.2) is 44.8 Å². The van der Waals surface area contributed by atoms with E-state index in [0.717, 1.165) is 54.9 Å². The number of nitrogens with one attached hydrogen (secondary N) is 1. The second kappa shape index (κ2) is 10.2. The third-order valence-corrected chi connectivity index (χ3v) is 9.33. The lowest BCUT2D eigenvalue weighted by atomic mass is 9.65. The van der Waals surface area contributed by atoms with Crippen molar-refractivity contribution in [3.63, 3.8) is 0 Å². The molecule has 5 nitrogen and oxygen atoms in total. The number of benzene rings is 2. The van der Waals surface area contributed by atoms with Crippen molar-refractivity contribution < 1.29 is 9.18 Å². The summed E-state index contributed by atoms with van der Waals surface area (Å²) in [6, 6.07) is 15.4. The molecule has 2 bridgehead atoms. The zero-order valence-corrected chi connectivity index (χ0v) is 23.9. The molecule has 0 spiro atoms. The van der Waals surface area contributed by atoms with Crippen LogP contribution >= 0.6 is 11.3 Å². The van der Waals surface area contributed by atoms with Crippen LogP contribution in [0.5, 0.6) is 0 Å². The van der Waals surface area contributed by atoms with E-state index in [1.807, 2.05) is 23.6 Å². The van der Waals surface area contributed by atoms with E-state index in [9.17, 15) is 9.18 Å². The SMILES string of the molecule is CC1(C)CC2CC(C)(CN2C(=O)c2csc(CN(CCc3c[nH]c4ccccc34)Cc3ccc(F)cc3)n2)C1. The van der Waals surface area contributed by atoms with Crippen LogP contribution in [0, 0.1) is 16.6 Å². The largest absolute Gasteiger partial charge is 0.361 e. The van der Waals surface area contributed by atoms with Crippen LogP contribution in [0.2, 0.25) is 0 Å². The first-order valence-corrected chi connectivity index (χ1v) is 14.8. The summed E-state index contributed by atoms with van der Waals surface area (Å²) in [5.41, 5.74) is 4.53. The molecule has 1 saturated heterocycles. The number of carbonyl (C=O) groups is 1. The number of para-hydroxylation sites is 1. The van der Waals surface area contributed by atoms with Crippen molar-refractivity contribution in [3.8, 4) is 0 Å². The molecular formula is C32H37FN4OS. The minimum Gasteiger partial charge on any atom is -0.361 e. The molecule has 2 fully saturated rings. The van der Waals surface area contributed by atoms with Crippen LogP contribution < -0.4 is 0 Å². The van der Waals surface area contributed by atoms with E-state index < -0.39 is 0 Å². The molecule has 1 amide bonds. The number of hydrogen-bond acceptors (Lipinski definition) is 4. The van der Waals surface area contributed by atoms with Gasteiger partial charge in [0.05, 0.1) is 6.54 Å². The molecule has 6 rings (SSSR count). The molecule has 7 heteroatoms. The number of likely N-dealkylation sites (tertiary alicyclic amines) is 1. The summed E-state index contributed by atoms with van der Waals surface area (Å²) in [7, 11) is 0. The Kier molecular flexibility index (Phi) is 6.84. The first kappa shape index (κ1) is 26.2. The van der Waals surface area contributed by atoms with Crippen LogP contribution in [0.15, 0.2) is 60.1 Å². The van der Waals surface area contributed by atoms with Gasteiger partial charge in [0.2, 0.25) is 0 Å². The van der Waals surface area contributed by atoms with Gasteiger partial charge in [-0.1, -0.05) is 51.1 Å². The van der Waals surface area contributed by atoms with E-state index in [1.165, 1.54) is 23.1 Å². The normalized spacial score (nSPS) is 22.2. The Hall–Kier alpha value is -3.03. The van der Waals surface area contributed by atoms with Gasteiger partial charge in [0, 0.05) is 48.2 Å². The molecule has 3 heterocycles. The Morgan fingerprint density at radius 1 is 1.13 bits per heavy atom. The highest BCUT2D eigenvalue weighted by Gasteiger charge is 2.51. The predicted octanol–water partition coefficient (Wildman–Crippen LogP) is 7.05. The molecule has 4 aromatic rings. The van der Waals surface area contributed by atoms with Gasteiger partial charge in [0.15, 0.2) is 0 Å². The molecule has 204 valence electrons. The van der Waals surface area contributed by atoms with Gasteiger partial charge in [-0.2, -0.15) is 0 Å². The van der Waals surface area contributed by atoms with Crippen molar-refractivity contribution in [2.24, 2.45) is 10.8 Å². The fourth-order valence-electron chi connectivity index (χ4n) is 7.20. The topological polar surface area (TPSA) is 52.2 Å². The van der Waals surface area contributed by atoms with E-state index in [4.69, 9.17) is 4.98 Å². The number of carbonyl (C=O) groups excluding carboxylic acids is 1. The first-order valence-electron chi connectivity index (χ1n) is 13.9. The highest BCUT2D eigenvalue weighted by atomic mass is 32.1. The summed E-state index contributed by atoms with van der Waals surface area (Å²) in [6.45, 7) is 9.98. The second-order valence-corrected chi connectivity index (χ2v) is 13.7. The Morgan fingerprint density at radius 2 is 1.92 bits per heavy atom. The molecule has 1 N–H and O–H groups in total.